The van der Waals surface area contributed by atoms with Crippen molar-refractivity contribution in [2.75, 3.05) is 62.7 Å². The Balaban J connectivity index is 1.02. The second-order valence-corrected chi connectivity index (χ2v) is 14.3. The number of halogens is 2. The van der Waals surface area contributed by atoms with E-state index in [-0.39, 0.29) is 17.4 Å². The summed E-state index contributed by atoms with van der Waals surface area (Å²) >= 11 is 6.73. The average molecular weight is 687 g/mol. The Labute approximate surface area is 289 Å². The van der Waals surface area contributed by atoms with Crippen molar-refractivity contribution in [2.24, 2.45) is 5.92 Å². The van der Waals surface area contributed by atoms with Crippen LogP contribution in [0.5, 0.6) is 6.01 Å². The SMILES string of the molecule is Cc1noc(/C=C/C(=O)N2CC(CN(C)c3nc(OC[C@@]45CCCN4C[C@H](F)C5)nc4c3CCN(c3cccc5cccc(Cl)c35)C4)C2)n1. The fraction of sp³-hybridized carbons (Fsp3) is 0.472. The van der Waals surface area contributed by atoms with E-state index in [0.717, 1.165) is 77.5 Å². The summed E-state index contributed by atoms with van der Waals surface area (Å²) in [6.45, 7) is 6.86. The molecule has 0 N–H and O–H groups in total. The zero-order chi connectivity index (χ0) is 33.7. The highest BCUT2D eigenvalue weighted by molar-refractivity contribution is 6.36. The molecule has 0 bridgehead atoms. The van der Waals surface area contributed by atoms with Gasteiger partial charge in [-0.3, -0.25) is 9.69 Å². The first-order valence-electron chi connectivity index (χ1n) is 17.1. The van der Waals surface area contributed by atoms with Gasteiger partial charge in [-0.05, 0) is 50.2 Å². The maximum Gasteiger partial charge on any atom is 0.318 e. The molecule has 11 nitrogen and oxygen atoms in total. The molecule has 8 rings (SSSR count). The van der Waals surface area contributed by atoms with Crippen molar-refractivity contribution in [1.82, 2.24) is 29.9 Å². The van der Waals surface area contributed by atoms with Crippen LogP contribution in [0, 0.1) is 12.8 Å². The van der Waals surface area contributed by atoms with E-state index in [9.17, 15) is 9.18 Å². The van der Waals surface area contributed by atoms with Crippen molar-refractivity contribution in [3.8, 4) is 6.01 Å². The number of aromatic nitrogens is 4. The van der Waals surface area contributed by atoms with Crippen LogP contribution in [0.1, 0.15) is 42.2 Å². The average Bonchev–Trinajstić information content (AvgIpc) is 3.76. The molecule has 0 unspecified atom stereocenters. The summed E-state index contributed by atoms with van der Waals surface area (Å²) in [5, 5.41) is 6.61. The Morgan fingerprint density at radius 3 is 2.82 bits per heavy atom. The highest BCUT2D eigenvalue weighted by Crippen LogP contribution is 2.41. The Kier molecular flexibility index (Phi) is 8.39. The van der Waals surface area contributed by atoms with E-state index in [0.29, 0.717) is 56.9 Å². The molecule has 3 fully saturated rings. The van der Waals surface area contributed by atoms with Gasteiger partial charge in [-0.15, -0.1) is 0 Å². The number of carbonyl (C=O) groups is 1. The van der Waals surface area contributed by atoms with Gasteiger partial charge < -0.3 is 24.0 Å². The number of benzene rings is 2. The molecule has 6 heterocycles. The van der Waals surface area contributed by atoms with Crippen LogP contribution in [0.4, 0.5) is 15.9 Å². The zero-order valence-corrected chi connectivity index (χ0v) is 28.6. The van der Waals surface area contributed by atoms with Crippen molar-refractivity contribution >= 4 is 45.9 Å². The topological polar surface area (TPSA) is 104 Å². The summed E-state index contributed by atoms with van der Waals surface area (Å²) in [7, 11) is 2.05. The number of anilines is 2. The van der Waals surface area contributed by atoms with Gasteiger partial charge in [0, 0.05) is 80.9 Å². The molecule has 0 saturated carbocycles. The first-order valence-corrected chi connectivity index (χ1v) is 17.4. The number of alkyl halides is 1. The molecule has 0 aliphatic carbocycles. The summed E-state index contributed by atoms with van der Waals surface area (Å²) in [5.74, 6) is 1.89. The smallest absolute Gasteiger partial charge is 0.318 e. The number of hydrogen-bond donors (Lipinski definition) is 0. The summed E-state index contributed by atoms with van der Waals surface area (Å²) in [5.41, 5.74) is 2.81. The van der Waals surface area contributed by atoms with Crippen molar-refractivity contribution < 1.29 is 18.4 Å². The lowest BCUT2D eigenvalue weighted by atomic mass is 9.95. The molecule has 49 heavy (non-hydrogen) atoms. The number of ether oxygens (including phenoxy) is 1. The van der Waals surface area contributed by atoms with E-state index >= 15 is 0 Å². The molecule has 13 heteroatoms. The molecule has 4 aliphatic heterocycles. The summed E-state index contributed by atoms with van der Waals surface area (Å²) in [6.07, 6.45) is 5.41. The molecule has 0 radical (unpaired) electrons. The molecule has 256 valence electrons. The van der Waals surface area contributed by atoms with E-state index in [1.165, 1.54) is 6.08 Å². The lowest BCUT2D eigenvalue weighted by Crippen LogP contribution is -2.53. The minimum Gasteiger partial charge on any atom is -0.461 e. The highest BCUT2D eigenvalue weighted by Gasteiger charge is 2.49. The van der Waals surface area contributed by atoms with Crippen molar-refractivity contribution in [3.05, 3.63) is 70.5 Å². The van der Waals surface area contributed by atoms with E-state index in [4.69, 9.17) is 30.8 Å². The standard InChI is InChI=1S/C36H40ClFN8O3/c1-23-39-31(49-42-23)10-11-32(47)45-18-24(19-45)17-43(2)34-27-12-15-44(30-9-4-7-25-6-3-8-28(37)33(25)30)21-29(27)40-35(41-34)48-22-36-13-5-14-46(36)20-26(38)16-36/h3-4,6-11,24,26H,5,12-22H2,1-2H3/b11-10+/t26-,36+/m1/s1. The number of aryl methyl sites for hydroxylation is 1. The third kappa shape index (κ3) is 6.20. The number of hydrogen-bond acceptors (Lipinski definition) is 10. The quantitative estimate of drug-likeness (QED) is 0.221. The molecular weight excluding hydrogens is 647 g/mol. The van der Waals surface area contributed by atoms with Crippen LogP contribution in [0.25, 0.3) is 16.8 Å². The normalized spacial score (nSPS) is 22.5. The van der Waals surface area contributed by atoms with Gasteiger partial charge in [0.25, 0.3) is 5.89 Å². The second-order valence-electron chi connectivity index (χ2n) is 13.9. The van der Waals surface area contributed by atoms with Crippen LogP contribution < -0.4 is 14.5 Å². The van der Waals surface area contributed by atoms with Crippen LogP contribution >= 0.6 is 11.6 Å². The summed E-state index contributed by atoms with van der Waals surface area (Å²) < 4.78 is 26.0. The van der Waals surface area contributed by atoms with E-state index in [1.807, 2.05) is 24.1 Å². The number of fused-ring (bicyclic) bond motifs is 3. The minimum atomic E-state index is -0.830. The lowest BCUT2D eigenvalue weighted by Gasteiger charge is -2.41. The fourth-order valence-electron chi connectivity index (χ4n) is 8.13. The predicted molar refractivity (Wildman–Crippen MR) is 186 cm³/mol. The van der Waals surface area contributed by atoms with Gasteiger partial charge in [-0.25, -0.2) is 4.39 Å². The number of likely N-dealkylation sites (tertiary alicyclic amines) is 1. The molecule has 2 aromatic carbocycles. The van der Waals surface area contributed by atoms with Gasteiger partial charge in [-0.2, -0.15) is 15.0 Å². The van der Waals surface area contributed by atoms with Crippen LogP contribution in [0.15, 0.2) is 47.0 Å². The Bertz CT molecular complexity index is 1910. The van der Waals surface area contributed by atoms with Crippen molar-refractivity contribution in [1.29, 1.82) is 0 Å². The van der Waals surface area contributed by atoms with E-state index < -0.39 is 6.17 Å². The third-order valence-electron chi connectivity index (χ3n) is 10.5. The van der Waals surface area contributed by atoms with Crippen molar-refractivity contribution in [2.45, 2.75) is 50.9 Å². The Morgan fingerprint density at radius 1 is 1.16 bits per heavy atom. The molecular formula is C36H40ClFN8O3. The molecule has 0 spiro atoms. The summed E-state index contributed by atoms with van der Waals surface area (Å²) in [4.78, 5) is 35.4. The van der Waals surface area contributed by atoms with Crippen LogP contribution in [-0.4, -0.2) is 100 Å². The van der Waals surface area contributed by atoms with Gasteiger partial charge in [0.15, 0.2) is 5.82 Å². The van der Waals surface area contributed by atoms with Gasteiger partial charge in [0.2, 0.25) is 5.91 Å². The summed E-state index contributed by atoms with van der Waals surface area (Å²) in [6, 6.07) is 12.6. The Hall–Kier alpha value is -4.29. The largest absolute Gasteiger partial charge is 0.461 e. The fourth-order valence-corrected chi connectivity index (χ4v) is 8.41. The number of amides is 1. The first-order chi connectivity index (χ1) is 23.7. The van der Waals surface area contributed by atoms with Gasteiger partial charge in [0.05, 0.1) is 22.8 Å². The zero-order valence-electron chi connectivity index (χ0n) is 27.8. The molecule has 4 aliphatic rings. The number of nitrogens with zero attached hydrogens (tertiary/aromatic N) is 8. The third-order valence-corrected chi connectivity index (χ3v) is 10.8. The van der Waals surface area contributed by atoms with Crippen molar-refractivity contribution in [3.63, 3.8) is 0 Å². The second kappa shape index (κ2) is 12.9. The molecule has 4 aromatic rings. The van der Waals surface area contributed by atoms with Gasteiger partial charge in [-0.1, -0.05) is 41.0 Å². The lowest BCUT2D eigenvalue weighted by molar-refractivity contribution is -0.131. The molecule has 3 saturated heterocycles. The Morgan fingerprint density at radius 2 is 2.00 bits per heavy atom. The maximum atomic E-state index is 14.5. The van der Waals surface area contributed by atoms with E-state index in [2.05, 4.69) is 49.1 Å². The number of rotatable bonds is 9. The monoisotopic (exact) mass is 686 g/mol. The first kappa shape index (κ1) is 31.9. The predicted octanol–water partition coefficient (Wildman–Crippen LogP) is 5.10. The highest BCUT2D eigenvalue weighted by atomic mass is 35.5. The minimum absolute atomic E-state index is 0.0822. The molecule has 2 atom stereocenters. The van der Waals surface area contributed by atoms with Gasteiger partial charge >= 0.3 is 6.01 Å². The molecule has 1 amide bonds. The van der Waals surface area contributed by atoms with E-state index in [1.54, 1.807) is 13.0 Å². The van der Waals surface area contributed by atoms with Gasteiger partial charge in [0.1, 0.15) is 18.6 Å². The van der Waals surface area contributed by atoms with Crippen LogP contribution in [-0.2, 0) is 17.8 Å². The maximum absolute atomic E-state index is 14.5. The molecule has 2 aromatic heterocycles. The van der Waals surface area contributed by atoms with Crippen LogP contribution in [0.3, 0.4) is 0 Å². The number of carbonyl (C=O) groups excluding carboxylic acids is 1. The van der Waals surface area contributed by atoms with Crippen LogP contribution in [0.2, 0.25) is 5.02 Å².